The second kappa shape index (κ2) is 10.6. The van der Waals surface area contributed by atoms with Gasteiger partial charge in [0.2, 0.25) is 5.91 Å². The Morgan fingerprint density at radius 3 is 2.63 bits per heavy atom. The van der Waals surface area contributed by atoms with Crippen LogP contribution in [0.3, 0.4) is 0 Å². The molecule has 204 valence electrons. The normalized spacial score (nSPS) is 15.4. The van der Waals surface area contributed by atoms with E-state index < -0.39 is 0 Å². The molecule has 2 aliphatic carbocycles. The molecule has 0 atom stereocenters. The molecule has 0 unspecified atom stereocenters. The zero-order valence-corrected chi connectivity index (χ0v) is 22.5. The van der Waals surface area contributed by atoms with Gasteiger partial charge in [-0.3, -0.25) is 14.9 Å². The standard InChI is InChI=1S/C33H29FN6O/c34-24-12-10-20(11-13-24)26-8-4-5-9-29-27(26)16-30(38-29)31-28-15-23(18-36-32(28)40-39-31)22-14-25(19-35-17-22)37-33(41)21-6-2-1-3-7-21/h4-5,8,10-19,21,38H,1-3,6-7,9H2,(H,37,41)(H,36,39,40). The summed E-state index contributed by atoms with van der Waals surface area (Å²) in [6.45, 7) is 0. The van der Waals surface area contributed by atoms with Crippen LogP contribution in [0.5, 0.6) is 0 Å². The van der Waals surface area contributed by atoms with Gasteiger partial charge in [-0.05, 0) is 54.3 Å². The highest BCUT2D eigenvalue weighted by molar-refractivity contribution is 5.95. The number of fused-ring (bicyclic) bond motifs is 2. The van der Waals surface area contributed by atoms with E-state index >= 15 is 0 Å². The van der Waals surface area contributed by atoms with Gasteiger partial charge in [-0.15, -0.1) is 0 Å². The van der Waals surface area contributed by atoms with E-state index in [2.05, 4.69) is 48.7 Å². The summed E-state index contributed by atoms with van der Waals surface area (Å²) in [7, 11) is 0. The number of aromatic amines is 2. The number of rotatable bonds is 5. The van der Waals surface area contributed by atoms with Gasteiger partial charge in [-0.2, -0.15) is 5.10 Å². The van der Waals surface area contributed by atoms with Crippen molar-refractivity contribution in [1.82, 2.24) is 25.1 Å². The van der Waals surface area contributed by atoms with Crippen molar-refractivity contribution in [2.24, 2.45) is 5.92 Å². The van der Waals surface area contributed by atoms with Gasteiger partial charge in [-0.25, -0.2) is 9.37 Å². The first kappa shape index (κ1) is 25.1. The lowest BCUT2D eigenvalue weighted by atomic mass is 9.88. The molecule has 8 heteroatoms. The zero-order valence-electron chi connectivity index (χ0n) is 22.5. The topological polar surface area (TPSA) is 99.3 Å². The third-order valence-corrected chi connectivity index (χ3v) is 8.06. The van der Waals surface area contributed by atoms with E-state index in [-0.39, 0.29) is 17.6 Å². The Bertz CT molecular complexity index is 1810. The van der Waals surface area contributed by atoms with Gasteiger partial charge in [-0.1, -0.05) is 49.6 Å². The van der Waals surface area contributed by atoms with Crippen LogP contribution in [0.25, 0.3) is 39.1 Å². The van der Waals surface area contributed by atoms with Crippen LogP contribution in [0.15, 0.2) is 79.3 Å². The van der Waals surface area contributed by atoms with Gasteiger partial charge in [0.05, 0.1) is 23.3 Å². The first-order chi connectivity index (χ1) is 20.1. The van der Waals surface area contributed by atoms with Gasteiger partial charge >= 0.3 is 0 Å². The number of nitrogens with one attached hydrogen (secondary N) is 3. The number of pyridine rings is 2. The maximum atomic E-state index is 13.6. The summed E-state index contributed by atoms with van der Waals surface area (Å²) in [6.07, 6.45) is 17.5. The van der Waals surface area contributed by atoms with Gasteiger partial charge < -0.3 is 10.3 Å². The average Bonchev–Trinajstić information content (AvgIpc) is 3.57. The first-order valence-corrected chi connectivity index (χ1v) is 14.1. The van der Waals surface area contributed by atoms with Crippen LogP contribution < -0.4 is 5.32 Å². The number of hydrogen-bond acceptors (Lipinski definition) is 4. The molecule has 2 aliphatic rings. The smallest absolute Gasteiger partial charge is 0.227 e. The molecule has 3 N–H and O–H groups in total. The van der Waals surface area contributed by atoms with E-state index in [9.17, 15) is 9.18 Å². The van der Waals surface area contributed by atoms with Gasteiger partial charge in [0, 0.05) is 52.5 Å². The molecule has 1 saturated carbocycles. The highest BCUT2D eigenvalue weighted by Crippen LogP contribution is 2.35. The van der Waals surface area contributed by atoms with Crippen molar-refractivity contribution < 1.29 is 9.18 Å². The van der Waals surface area contributed by atoms with Crippen molar-refractivity contribution in [1.29, 1.82) is 0 Å². The number of carbonyl (C=O) groups is 1. The molecule has 0 radical (unpaired) electrons. The molecule has 0 bridgehead atoms. The fraction of sp³-hybridized carbons (Fsp3) is 0.212. The summed E-state index contributed by atoms with van der Waals surface area (Å²) in [5.41, 5.74) is 8.88. The average molecular weight is 545 g/mol. The highest BCUT2D eigenvalue weighted by Gasteiger charge is 2.22. The third-order valence-electron chi connectivity index (χ3n) is 8.06. The van der Waals surface area contributed by atoms with Crippen LogP contribution in [-0.4, -0.2) is 31.1 Å². The summed E-state index contributed by atoms with van der Waals surface area (Å²) in [5, 5.41) is 11.6. The van der Waals surface area contributed by atoms with Crippen molar-refractivity contribution >= 4 is 28.2 Å². The van der Waals surface area contributed by atoms with Gasteiger partial charge in [0.25, 0.3) is 0 Å². The number of H-pyrrole nitrogens is 2. The lowest BCUT2D eigenvalue weighted by Gasteiger charge is -2.20. The molecule has 7 nitrogen and oxygen atoms in total. The molecule has 1 aromatic carbocycles. The fourth-order valence-electron chi connectivity index (χ4n) is 5.89. The number of carbonyl (C=O) groups excluding carboxylic acids is 1. The molecule has 4 heterocycles. The summed E-state index contributed by atoms with van der Waals surface area (Å²) >= 11 is 0. The molecule has 1 fully saturated rings. The highest BCUT2D eigenvalue weighted by atomic mass is 19.1. The molecule has 1 amide bonds. The fourth-order valence-corrected chi connectivity index (χ4v) is 5.89. The zero-order chi connectivity index (χ0) is 27.8. The summed E-state index contributed by atoms with van der Waals surface area (Å²) in [6, 6.07) is 12.7. The Kier molecular flexibility index (Phi) is 6.51. The van der Waals surface area contributed by atoms with E-state index in [1.165, 1.54) is 18.6 Å². The quantitative estimate of drug-likeness (QED) is 0.218. The maximum absolute atomic E-state index is 13.6. The number of nitrogens with zero attached hydrogens (tertiary/aromatic N) is 3. The van der Waals surface area contributed by atoms with Crippen molar-refractivity contribution in [3.63, 3.8) is 0 Å². The lowest BCUT2D eigenvalue weighted by Crippen LogP contribution is -2.24. The maximum Gasteiger partial charge on any atom is 0.227 e. The molecule has 41 heavy (non-hydrogen) atoms. The second-order valence-corrected chi connectivity index (χ2v) is 10.8. The Morgan fingerprint density at radius 2 is 1.78 bits per heavy atom. The van der Waals surface area contributed by atoms with Crippen LogP contribution in [0, 0.1) is 11.7 Å². The predicted octanol–water partition coefficient (Wildman–Crippen LogP) is 7.22. The van der Waals surface area contributed by atoms with Crippen LogP contribution in [-0.2, 0) is 11.2 Å². The number of halogens is 1. The number of hydrogen-bond donors (Lipinski definition) is 3. The molecule has 7 rings (SSSR count). The Hall–Kier alpha value is -4.85. The Morgan fingerprint density at radius 1 is 0.951 bits per heavy atom. The van der Waals surface area contributed by atoms with E-state index in [4.69, 9.17) is 0 Å². The van der Waals surface area contributed by atoms with Crippen molar-refractivity contribution in [2.75, 3.05) is 5.32 Å². The molecule has 0 spiro atoms. The summed E-state index contributed by atoms with van der Waals surface area (Å²) in [5.74, 6) is -0.110. The van der Waals surface area contributed by atoms with E-state index in [1.54, 1.807) is 30.7 Å². The molecule has 5 aromatic rings. The summed E-state index contributed by atoms with van der Waals surface area (Å²) in [4.78, 5) is 25.4. The van der Waals surface area contributed by atoms with Crippen LogP contribution >= 0.6 is 0 Å². The van der Waals surface area contributed by atoms with E-state index in [1.807, 2.05) is 18.2 Å². The molecule has 0 aliphatic heterocycles. The van der Waals surface area contributed by atoms with Gasteiger partial charge in [0.15, 0.2) is 5.65 Å². The molecular weight excluding hydrogens is 515 g/mol. The minimum Gasteiger partial charge on any atom is -0.356 e. The van der Waals surface area contributed by atoms with Crippen molar-refractivity contribution in [3.8, 4) is 22.5 Å². The first-order valence-electron chi connectivity index (χ1n) is 14.1. The number of aromatic nitrogens is 5. The monoisotopic (exact) mass is 544 g/mol. The predicted molar refractivity (Wildman–Crippen MR) is 158 cm³/mol. The number of amides is 1. The molecule has 0 saturated heterocycles. The van der Waals surface area contributed by atoms with Crippen LogP contribution in [0.1, 0.15) is 48.9 Å². The lowest BCUT2D eigenvalue weighted by molar-refractivity contribution is -0.120. The largest absolute Gasteiger partial charge is 0.356 e. The third kappa shape index (κ3) is 4.97. The van der Waals surface area contributed by atoms with Crippen LogP contribution in [0.4, 0.5) is 10.1 Å². The Balaban J connectivity index is 1.21. The Labute approximate surface area is 236 Å². The van der Waals surface area contributed by atoms with Crippen molar-refractivity contribution in [3.05, 3.63) is 102 Å². The minimum atomic E-state index is -0.256. The van der Waals surface area contributed by atoms with Crippen molar-refractivity contribution in [2.45, 2.75) is 38.5 Å². The summed E-state index contributed by atoms with van der Waals surface area (Å²) < 4.78 is 13.6. The molecular formula is C33H29FN6O. The minimum absolute atomic E-state index is 0.0729. The molecule has 4 aromatic heterocycles. The second-order valence-electron chi connectivity index (χ2n) is 10.8. The van der Waals surface area contributed by atoms with Gasteiger partial charge in [0.1, 0.15) is 5.82 Å². The number of allylic oxidation sites excluding steroid dienone is 3. The number of anilines is 1. The van der Waals surface area contributed by atoms with E-state index in [0.717, 1.165) is 82.4 Å². The van der Waals surface area contributed by atoms with Crippen LogP contribution in [0.2, 0.25) is 0 Å². The number of benzene rings is 1. The van der Waals surface area contributed by atoms with E-state index in [0.29, 0.717) is 11.3 Å². The SMILES string of the molecule is O=C(Nc1cncc(-c2cnc3n[nH]c(-c4cc5c([nH]4)CC=CC=C5c4ccc(F)cc4)c3c2)c1)C1CCCCC1.